The largest absolute Gasteiger partial charge is 0.393 e. The van der Waals surface area contributed by atoms with Crippen molar-refractivity contribution in [1.29, 1.82) is 0 Å². The minimum absolute atomic E-state index is 0.0950. The number of carbonyl (C=O) groups is 1. The van der Waals surface area contributed by atoms with Crippen LogP contribution in [0.1, 0.15) is 46.0 Å². The third-order valence-electron chi connectivity index (χ3n) is 3.38. The van der Waals surface area contributed by atoms with E-state index in [2.05, 4.69) is 12.2 Å². The van der Waals surface area contributed by atoms with Crippen molar-refractivity contribution in [2.45, 2.75) is 52.0 Å². The van der Waals surface area contributed by atoms with Gasteiger partial charge in [-0.15, -0.1) is 0 Å². The number of amides is 1. The number of hydrogen-bond acceptors (Lipinski definition) is 2. The molecular formula is C12H22N2OS. The summed E-state index contributed by atoms with van der Waals surface area (Å²) in [5.74, 6) is 0.445. The molecule has 1 saturated carbocycles. The van der Waals surface area contributed by atoms with Crippen LogP contribution in [0.15, 0.2) is 0 Å². The van der Waals surface area contributed by atoms with E-state index in [1.807, 2.05) is 6.92 Å². The predicted octanol–water partition coefficient (Wildman–Crippen LogP) is 1.99. The van der Waals surface area contributed by atoms with Crippen LogP contribution >= 0.6 is 12.2 Å². The molecule has 0 aromatic rings. The Morgan fingerprint density at radius 1 is 1.56 bits per heavy atom. The molecule has 0 saturated heterocycles. The quantitative estimate of drug-likeness (QED) is 0.725. The Balaban J connectivity index is 2.47. The Kier molecular flexibility index (Phi) is 5.19. The van der Waals surface area contributed by atoms with Gasteiger partial charge in [-0.3, -0.25) is 4.79 Å². The van der Waals surface area contributed by atoms with Gasteiger partial charge in [0, 0.05) is 17.9 Å². The molecule has 0 aromatic heterocycles. The molecule has 0 heterocycles. The number of nitrogens with two attached hydrogens (primary N) is 1. The molecule has 1 rings (SSSR count). The molecule has 1 amide bonds. The summed E-state index contributed by atoms with van der Waals surface area (Å²) >= 11 is 5.03. The second kappa shape index (κ2) is 6.18. The summed E-state index contributed by atoms with van der Waals surface area (Å²) < 4.78 is 0. The molecule has 92 valence electrons. The van der Waals surface area contributed by atoms with Crippen LogP contribution in [0.4, 0.5) is 0 Å². The van der Waals surface area contributed by atoms with Gasteiger partial charge in [0.1, 0.15) is 0 Å². The highest BCUT2D eigenvalue weighted by atomic mass is 32.1. The fraction of sp³-hybridized carbons (Fsp3) is 0.833. The van der Waals surface area contributed by atoms with Crippen LogP contribution < -0.4 is 11.1 Å². The SMILES string of the molecule is CCCC(C)C(=O)NC1CCCC1C(N)=S. The van der Waals surface area contributed by atoms with Crippen LogP contribution in [-0.4, -0.2) is 16.9 Å². The Morgan fingerprint density at radius 2 is 2.25 bits per heavy atom. The van der Waals surface area contributed by atoms with Gasteiger partial charge in [0.25, 0.3) is 0 Å². The first kappa shape index (κ1) is 13.4. The summed E-state index contributed by atoms with van der Waals surface area (Å²) in [7, 11) is 0. The summed E-state index contributed by atoms with van der Waals surface area (Å²) in [6.45, 7) is 4.07. The van der Waals surface area contributed by atoms with Gasteiger partial charge >= 0.3 is 0 Å². The Labute approximate surface area is 103 Å². The third-order valence-corrected chi connectivity index (χ3v) is 3.68. The van der Waals surface area contributed by atoms with Crippen molar-refractivity contribution in [3.63, 3.8) is 0 Å². The number of hydrogen-bond donors (Lipinski definition) is 2. The van der Waals surface area contributed by atoms with Gasteiger partial charge in [0.15, 0.2) is 0 Å². The van der Waals surface area contributed by atoms with Crippen molar-refractivity contribution in [1.82, 2.24) is 5.32 Å². The fourth-order valence-corrected chi connectivity index (χ4v) is 2.64. The molecular weight excluding hydrogens is 220 g/mol. The van der Waals surface area contributed by atoms with E-state index in [1.54, 1.807) is 0 Å². The monoisotopic (exact) mass is 242 g/mol. The topological polar surface area (TPSA) is 55.1 Å². The van der Waals surface area contributed by atoms with E-state index in [0.29, 0.717) is 4.99 Å². The maximum absolute atomic E-state index is 11.9. The van der Waals surface area contributed by atoms with Gasteiger partial charge in [0.05, 0.1) is 4.99 Å². The molecule has 0 radical (unpaired) electrons. The first-order chi connectivity index (χ1) is 7.56. The molecule has 1 aliphatic carbocycles. The summed E-state index contributed by atoms with van der Waals surface area (Å²) in [4.78, 5) is 12.4. The molecule has 0 bridgehead atoms. The van der Waals surface area contributed by atoms with Gasteiger partial charge in [-0.1, -0.05) is 38.9 Å². The van der Waals surface area contributed by atoms with Crippen molar-refractivity contribution in [3.8, 4) is 0 Å². The van der Waals surface area contributed by atoms with E-state index in [4.69, 9.17) is 18.0 Å². The lowest BCUT2D eigenvalue weighted by atomic mass is 10.0. The van der Waals surface area contributed by atoms with Crippen LogP contribution in [0, 0.1) is 11.8 Å². The van der Waals surface area contributed by atoms with Gasteiger partial charge in [0.2, 0.25) is 5.91 Å². The fourth-order valence-electron chi connectivity index (χ4n) is 2.36. The zero-order chi connectivity index (χ0) is 12.1. The standard InChI is InChI=1S/C12H22N2OS/c1-3-5-8(2)12(15)14-10-7-4-6-9(10)11(13)16/h8-10H,3-7H2,1-2H3,(H2,13,16)(H,14,15). The van der Waals surface area contributed by atoms with Crippen molar-refractivity contribution in [3.05, 3.63) is 0 Å². The Morgan fingerprint density at radius 3 is 2.81 bits per heavy atom. The zero-order valence-electron chi connectivity index (χ0n) is 10.2. The molecule has 4 heteroatoms. The van der Waals surface area contributed by atoms with Crippen molar-refractivity contribution < 1.29 is 4.79 Å². The lowest BCUT2D eigenvalue weighted by Gasteiger charge is -2.22. The molecule has 0 spiro atoms. The molecule has 0 aromatic carbocycles. The van der Waals surface area contributed by atoms with E-state index < -0.39 is 0 Å². The van der Waals surface area contributed by atoms with Crippen LogP contribution in [0.2, 0.25) is 0 Å². The van der Waals surface area contributed by atoms with Crippen LogP contribution in [0.5, 0.6) is 0 Å². The normalized spacial score (nSPS) is 26.4. The van der Waals surface area contributed by atoms with E-state index in [1.165, 1.54) is 0 Å². The Bertz CT molecular complexity index is 268. The molecule has 0 aliphatic heterocycles. The molecule has 1 fully saturated rings. The first-order valence-corrected chi connectivity index (χ1v) is 6.56. The number of nitrogens with one attached hydrogen (secondary N) is 1. The molecule has 16 heavy (non-hydrogen) atoms. The van der Waals surface area contributed by atoms with Crippen LogP contribution in [0.25, 0.3) is 0 Å². The van der Waals surface area contributed by atoms with Gasteiger partial charge in [-0.25, -0.2) is 0 Å². The van der Waals surface area contributed by atoms with E-state index in [0.717, 1.165) is 32.1 Å². The zero-order valence-corrected chi connectivity index (χ0v) is 11.0. The van der Waals surface area contributed by atoms with Crippen molar-refractivity contribution in [2.75, 3.05) is 0 Å². The summed E-state index contributed by atoms with van der Waals surface area (Å²) in [6.07, 6.45) is 5.11. The molecule has 3 N–H and O–H groups in total. The molecule has 3 nitrogen and oxygen atoms in total. The summed E-state index contributed by atoms with van der Waals surface area (Å²) in [5, 5.41) is 3.09. The Hall–Kier alpha value is -0.640. The highest BCUT2D eigenvalue weighted by molar-refractivity contribution is 7.80. The second-order valence-electron chi connectivity index (χ2n) is 4.74. The van der Waals surface area contributed by atoms with Gasteiger partial charge < -0.3 is 11.1 Å². The van der Waals surface area contributed by atoms with E-state index in [-0.39, 0.29) is 23.8 Å². The highest BCUT2D eigenvalue weighted by Gasteiger charge is 2.31. The van der Waals surface area contributed by atoms with Crippen molar-refractivity contribution in [2.24, 2.45) is 17.6 Å². The van der Waals surface area contributed by atoms with Crippen LogP contribution in [0.3, 0.4) is 0 Å². The van der Waals surface area contributed by atoms with Crippen LogP contribution in [-0.2, 0) is 4.79 Å². The predicted molar refractivity (Wildman–Crippen MR) is 70.1 cm³/mol. The molecule has 3 unspecified atom stereocenters. The maximum atomic E-state index is 11.9. The van der Waals surface area contributed by atoms with Gasteiger partial charge in [-0.2, -0.15) is 0 Å². The van der Waals surface area contributed by atoms with E-state index in [9.17, 15) is 4.79 Å². The number of thiocarbonyl (C=S) groups is 1. The highest BCUT2D eigenvalue weighted by Crippen LogP contribution is 2.26. The summed E-state index contributed by atoms with van der Waals surface area (Å²) in [5.41, 5.74) is 5.68. The maximum Gasteiger partial charge on any atom is 0.223 e. The minimum atomic E-state index is 0.0950. The second-order valence-corrected chi connectivity index (χ2v) is 5.22. The third kappa shape index (κ3) is 3.44. The number of rotatable bonds is 5. The minimum Gasteiger partial charge on any atom is -0.393 e. The average molecular weight is 242 g/mol. The lowest BCUT2D eigenvalue weighted by molar-refractivity contribution is -0.125. The molecule has 3 atom stereocenters. The first-order valence-electron chi connectivity index (χ1n) is 6.16. The lowest BCUT2D eigenvalue weighted by Crippen LogP contribution is -2.43. The van der Waals surface area contributed by atoms with E-state index >= 15 is 0 Å². The van der Waals surface area contributed by atoms with Crippen molar-refractivity contribution >= 4 is 23.1 Å². The number of carbonyl (C=O) groups excluding carboxylic acids is 1. The smallest absolute Gasteiger partial charge is 0.223 e. The summed E-state index contributed by atoms with van der Waals surface area (Å²) in [6, 6.07) is 0.171. The molecule has 1 aliphatic rings. The van der Waals surface area contributed by atoms with Gasteiger partial charge in [-0.05, 0) is 19.3 Å². The average Bonchev–Trinajstić information content (AvgIpc) is 2.66.